The fourth-order valence-electron chi connectivity index (χ4n) is 7.31. The molecule has 4 atom stereocenters. The van der Waals surface area contributed by atoms with Crippen molar-refractivity contribution in [3.63, 3.8) is 0 Å². The number of halogens is 1. The molecule has 4 aromatic rings. The van der Waals surface area contributed by atoms with Crippen LogP contribution in [0.1, 0.15) is 106 Å². The first-order valence-corrected chi connectivity index (χ1v) is 17.8. The predicted molar refractivity (Wildman–Crippen MR) is 207 cm³/mol. The Morgan fingerprint density at radius 1 is 0.792 bits per heavy atom. The molecule has 2 aliphatic rings. The van der Waals surface area contributed by atoms with Crippen LogP contribution in [0, 0.1) is 18.8 Å². The van der Waals surface area contributed by atoms with Crippen molar-refractivity contribution >= 4 is 41.4 Å². The van der Waals surface area contributed by atoms with Crippen LogP contribution >= 0.6 is 12.4 Å². The summed E-state index contributed by atoms with van der Waals surface area (Å²) in [5, 5.41) is 50.6. The lowest BCUT2D eigenvalue weighted by atomic mass is 9.77. The third kappa shape index (κ3) is 9.47. The molecule has 0 amide bonds. The van der Waals surface area contributed by atoms with Crippen LogP contribution < -0.4 is 11.3 Å². The van der Waals surface area contributed by atoms with Crippen molar-refractivity contribution in [2.24, 2.45) is 22.1 Å². The van der Waals surface area contributed by atoms with Gasteiger partial charge in [0.15, 0.2) is 5.69 Å². The summed E-state index contributed by atoms with van der Waals surface area (Å²) in [5.74, 6) is -2.08. The number of aromatic hydroxyl groups is 2. The summed E-state index contributed by atoms with van der Waals surface area (Å²) in [6.07, 6.45) is 5.88. The van der Waals surface area contributed by atoms with E-state index in [2.05, 4.69) is 36.1 Å². The fraction of sp³-hybridized carbons (Fsp3) is 0.425. The summed E-state index contributed by atoms with van der Waals surface area (Å²) < 4.78 is 1.43. The van der Waals surface area contributed by atoms with Gasteiger partial charge in [0.1, 0.15) is 17.2 Å². The number of carbonyl (C=O) groups is 2. The number of para-hydroxylation sites is 2. The van der Waals surface area contributed by atoms with Gasteiger partial charge in [-0.3, -0.25) is 19.5 Å². The van der Waals surface area contributed by atoms with Crippen molar-refractivity contribution in [2.75, 3.05) is 5.73 Å². The summed E-state index contributed by atoms with van der Waals surface area (Å²) in [6.45, 7) is 8.15. The third-order valence-electron chi connectivity index (χ3n) is 10.4. The number of aromatic amines is 1. The number of phenolic OH excluding ortho intramolecular Hbond substituents is 2. The number of hydrogen-bond donors (Lipinski definition) is 6. The molecule has 2 aliphatic carbocycles. The van der Waals surface area contributed by atoms with E-state index >= 15 is 0 Å². The van der Waals surface area contributed by atoms with Gasteiger partial charge in [0.25, 0.3) is 5.56 Å². The van der Waals surface area contributed by atoms with Crippen LogP contribution in [-0.4, -0.2) is 42.1 Å². The molecule has 13 heteroatoms. The number of anilines is 1. The van der Waals surface area contributed by atoms with Gasteiger partial charge in [0.05, 0.1) is 28.9 Å². The summed E-state index contributed by atoms with van der Waals surface area (Å²) >= 11 is 0. The first-order valence-electron chi connectivity index (χ1n) is 17.8. The summed E-state index contributed by atoms with van der Waals surface area (Å²) in [7, 11) is 0. The Hall–Kier alpha value is -5.10. The first-order chi connectivity index (χ1) is 24.6. The summed E-state index contributed by atoms with van der Waals surface area (Å²) in [5.41, 5.74) is 10.0. The second-order valence-electron chi connectivity index (χ2n) is 15.0. The number of nitrogens with zero attached hydrogens (tertiary/aromatic N) is 3. The summed E-state index contributed by atoms with van der Waals surface area (Å²) in [6, 6.07) is 18.3. The minimum absolute atomic E-state index is 0. The molecular weight excluding hydrogens is 698 g/mol. The van der Waals surface area contributed by atoms with Gasteiger partial charge in [-0.15, -0.1) is 22.6 Å². The maximum absolute atomic E-state index is 13.1. The second-order valence-corrected chi connectivity index (χ2v) is 15.0. The van der Waals surface area contributed by atoms with Crippen molar-refractivity contribution in [2.45, 2.75) is 96.3 Å². The minimum atomic E-state index is -0.794. The number of H-pyrrole nitrogens is 1. The lowest BCUT2D eigenvalue weighted by Crippen LogP contribution is -2.21. The van der Waals surface area contributed by atoms with Crippen molar-refractivity contribution < 1.29 is 30.0 Å². The number of phenols is 2. The van der Waals surface area contributed by atoms with E-state index < -0.39 is 17.9 Å². The van der Waals surface area contributed by atoms with E-state index in [9.17, 15) is 29.7 Å². The van der Waals surface area contributed by atoms with Crippen molar-refractivity contribution in [3.05, 3.63) is 93.4 Å². The first kappa shape index (κ1) is 40.7. The highest BCUT2D eigenvalue weighted by Crippen LogP contribution is 2.44. The molecule has 2 saturated carbocycles. The molecule has 3 aromatic carbocycles. The van der Waals surface area contributed by atoms with E-state index in [0.29, 0.717) is 41.9 Å². The molecule has 4 unspecified atom stereocenters. The molecular formula is C40H50ClN5O7. The highest BCUT2D eigenvalue weighted by molar-refractivity contribution is 5.85. The van der Waals surface area contributed by atoms with Gasteiger partial charge in [-0.05, 0) is 104 Å². The Kier molecular flexibility index (Phi) is 13.2. The highest BCUT2D eigenvalue weighted by atomic mass is 35.5. The number of rotatable bonds is 7. The number of aromatic nitrogens is 2. The van der Waals surface area contributed by atoms with Crippen LogP contribution in [-0.2, 0) is 15.0 Å². The second kappa shape index (κ2) is 17.2. The SMILES string of the molecule is Cc1[nH]n(-c2ccc(C(C)(C)C)cc2)c(=O)c1N=Nc1cccc(C2CCCC(C(=O)O)C2)c1O.Cl.Nc1cccc(C2CCCC(C(=O)O)C2)c1O. The van der Waals surface area contributed by atoms with Crippen molar-refractivity contribution in [3.8, 4) is 17.2 Å². The standard InChI is InChI=1S/C27H32N4O4.C13H17NO3.ClH/c1-16-23(25(33)31(30-16)20-13-11-19(12-14-20)27(2,3)4)29-28-22-10-6-9-21(24(22)32)17-7-5-8-18(15-17)26(34)35;14-11-6-2-5-10(12(11)15)8-3-1-4-9(7-8)13(16)17;/h6,9-14,17-18,30,32H,5,7-8,15H2,1-4H3,(H,34,35);2,5-6,8-9,15H,1,3-4,7,14H2,(H,16,17);1H. The Morgan fingerprint density at radius 3 is 1.85 bits per heavy atom. The van der Waals surface area contributed by atoms with E-state index in [1.165, 1.54) is 10.2 Å². The zero-order chi connectivity index (χ0) is 37.7. The minimum Gasteiger partial charge on any atom is -0.505 e. The van der Waals surface area contributed by atoms with Crippen LogP contribution in [0.3, 0.4) is 0 Å². The van der Waals surface area contributed by atoms with Crippen LogP contribution in [0.25, 0.3) is 5.69 Å². The largest absolute Gasteiger partial charge is 0.505 e. The molecule has 0 saturated heterocycles. The number of aliphatic carboxylic acids is 2. The van der Waals surface area contributed by atoms with Crippen LogP contribution in [0.4, 0.5) is 17.1 Å². The molecule has 0 radical (unpaired) electrons. The molecule has 0 aliphatic heterocycles. The summed E-state index contributed by atoms with van der Waals surface area (Å²) in [4.78, 5) is 35.5. The molecule has 284 valence electrons. The Labute approximate surface area is 315 Å². The highest BCUT2D eigenvalue weighted by Gasteiger charge is 2.31. The molecule has 2 fully saturated rings. The van der Waals surface area contributed by atoms with Gasteiger partial charge < -0.3 is 26.2 Å². The average molecular weight is 748 g/mol. The number of nitrogens with two attached hydrogens (primary N) is 1. The zero-order valence-electron chi connectivity index (χ0n) is 30.6. The van der Waals surface area contributed by atoms with Crippen LogP contribution in [0.2, 0.25) is 0 Å². The molecule has 53 heavy (non-hydrogen) atoms. The molecule has 12 nitrogen and oxygen atoms in total. The number of benzene rings is 3. The van der Waals surface area contributed by atoms with E-state index in [-0.39, 0.29) is 64.0 Å². The smallest absolute Gasteiger partial charge is 0.306 e. The quantitative estimate of drug-likeness (QED) is 0.0610. The number of carboxylic acids is 2. The van der Waals surface area contributed by atoms with Crippen molar-refractivity contribution in [1.82, 2.24) is 9.78 Å². The van der Waals surface area contributed by atoms with Gasteiger partial charge in [-0.2, -0.15) is 0 Å². The maximum Gasteiger partial charge on any atom is 0.306 e. The van der Waals surface area contributed by atoms with E-state index in [1.54, 1.807) is 37.3 Å². The molecule has 1 heterocycles. The fourth-order valence-corrected chi connectivity index (χ4v) is 7.31. The average Bonchev–Trinajstić information content (AvgIpc) is 3.41. The number of nitrogen functional groups attached to an aromatic ring is 1. The van der Waals surface area contributed by atoms with E-state index in [4.69, 9.17) is 10.8 Å². The Morgan fingerprint density at radius 2 is 1.32 bits per heavy atom. The normalized spacial score (nSPS) is 20.2. The van der Waals surface area contributed by atoms with Crippen LogP contribution in [0.15, 0.2) is 75.7 Å². The lowest BCUT2D eigenvalue weighted by molar-refractivity contribution is -0.143. The zero-order valence-corrected chi connectivity index (χ0v) is 31.4. The Bertz CT molecular complexity index is 2000. The van der Waals surface area contributed by atoms with Gasteiger partial charge >= 0.3 is 11.9 Å². The monoisotopic (exact) mass is 747 g/mol. The van der Waals surface area contributed by atoms with Gasteiger partial charge in [-0.25, -0.2) is 4.68 Å². The molecule has 0 bridgehead atoms. The third-order valence-corrected chi connectivity index (χ3v) is 10.4. The molecule has 1 aromatic heterocycles. The topological polar surface area (TPSA) is 204 Å². The Balaban J connectivity index is 0.000000292. The number of aryl methyl sites for hydroxylation is 1. The lowest BCUT2D eigenvalue weighted by Gasteiger charge is -2.27. The van der Waals surface area contributed by atoms with Gasteiger partial charge in [-0.1, -0.05) is 70.0 Å². The molecule has 0 spiro atoms. The molecule has 6 rings (SSSR count). The number of carboxylic acid groups (broad SMARTS) is 2. The van der Waals surface area contributed by atoms with Gasteiger partial charge in [0.2, 0.25) is 0 Å². The number of nitrogens with one attached hydrogen (secondary N) is 1. The van der Waals surface area contributed by atoms with Crippen molar-refractivity contribution in [1.29, 1.82) is 0 Å². The molecule has 7 N–H and O–H groups in total. The maximum atomic E-state index is 13.1. The van der Waals surface area contributed by atoms with E-state index in [0.717, 1.165) is 37.7 Å². The van der Waals surface area contributed by atoms with E-state index in [1.807, 2.05) is 30.3 Å². The number of azo groups is 1. The number of hydrogen-bond acceptors (Lipinski definition) is 8. The predicted octanol–water partition coefficient (Wildman–Crippen LogP) is 9.01. The van der Waals surface area contributed by atoms with Gasteiger partial charge in [0, 0.05) is 0 Å². The van der Waals surface area contributed by atoms with Crippen LogP contribution in [0.5, 0.6) is 11.5 Å².